The Morgan fingerprint density at radius 3 is 2.00 bits per heavy atom. The van der Waals surface area contributed by atoms with E-state index in [2.05, 4.69) is 23.8 Å². The summed E-state index contributed by atoms with van der Waals surface area (Å²) < 4.78 is 9.60. The molecule has 0 aromatic carbocycles. The Labute approximate surface area is 158 Å². The van der Waals surface area contributed by atoms with Crippen LogP contribution in [0.2, 0.25) is 0 Å². The van der Waals surface area contributed by atoms with Crippen LogP contribution in [0, 0.1) is 0 Å². The molecule has 2 heterocycles. The van der Waals surface area contributed by atoms with Crippen LogP contribution in [0.4, 0.5) is 0 Å². The van der Waals surface area contributed by atoms with Crippen LogP contribution in [-0.4, -0.2) is 65.1 Å². The fraction of sp³-hybridized carbons (Fsp3) is 0.167. The SMILES string of the molecule is C=C=C=C=C(C(=O)OCCOC(=O)CN1C(=O)C=CC1=O)N1C(=O)C=CC1=O. The average Bonchev–Trinajstić information content (AvgIpc) is 3.15. The van der Waals surface area contributed by atoms with Gasteiger partial charge in [-0.15, -0.1) is 0 Å². The van der Waals surface area contributed by atoms with Crippen molar-refractivity contribution in [1.82, 2.24) is 9.80 Å². The third-order valence-corrected chi connectivity index (χ3v) is 3.26. The summed E-state index contributed by atoms with van der Waals surface area (Å²) in [6, 6.07) is 0. The normalized spacial score (nSPS) is 14.7. The van der Waals surface area contributed by atoms with Crippen LogP contribution in [0.3, 0.4) is 0 Å². The van der Waals surface area contributed by atoms with E-state index in [4.69, 9.17) is 9.47 Å². The van der Waals surface area contributed by atoms with Crippen LogP contribution in [0.1, 0.15) is 0 Å². The van der Waals surface area contributed by atoms with Crippen LogP contribution in [0.5, 0.6) is 0 Å². The predicted molar refractivity (Wildman–Crippen MR) is 88.5 cm³/mol. The summed E-state index contributed by atoms with van der Waals surface area (Å²) in [6.07, 6.45) is 3.97. The summed E-state index contributed by atoms with van der Waals surface area (Å²) in [7, 11) is 0. The maximum atomic E-state index is 12.1. The predicted octanol–water partition coefficient (Wildman–Crippen LogP) is -1.10. The van der Waals surface area contributed by atoms with Crippen molar-refractivity contribution in [3.8, 4) is 0 Å². The topological polar surface area (TPSA) is 127 Å². The van der Waals surface area contributed by atoms with E-state index in [-0.39, 0.29) is 6.61 Å². The lowest BCUT2D eigenvalue weighted by atomic mass is 10.4. The van der Waals surface area contributed by atoms with Gasteiger partial charge in [-0.2, -0.15) is 0 Å². The zero-order chi connectivity index (χ0) is 20.7. The Morgan fingerprint density at radius 1 is 0.893 bits per heavy atom. The van der Waals surface area contributed by atoms with Gasteiger partial charge in [-0.3, -0.25) is 28.9 Å². The van der Waals surface area contributed by atoms with Gasteiger partial charge in [0.05, 0.1) is 0 Å². The smallest absolute Gasteiger partial charge is 0.364 e. The summed E-state index contributed by atoms with van der Waals surface area (Å²) in [6.45, 7) is 1.83. The molecular formula is C18H12N2O8. The van der Waals surface area contributed by atoms with E-state index < -0.39 is 54.4 Å². The van der Waals surface area contributed by atoms with Gasteiger partial charge in [0.25, 0.3) is 23.6 Å². The number of amides is 4. The quantitative estimate of drug-likeness (QED) is 0.178. The third-order valence-electron chi connectivity index (χ3n) is 3.26. The van der Waals surface area contributed by atoms with Gasteiger partial charge in [0.15, 0.2) is 5.70 Å². The minimum Gasteiger partial charge on any atom is -0.461 e. The molecule has 0 saturated carbocycles. The van der Waals surface area contributed by atoms with Gasteiger partial charge in [-0.1, -0.05) is 5.73 Å². The monoisotopic (exact) mass is 384 g/mol. The molecule has 2 rings (SSSR count). The van der Waals surface area contributed by atoms with Crippen molar-refractivity contribution in [1.29, 1.82) is 0 Å². The van der Waals surface area contributed by atoms with Crippen molar-refractivity contribution >= 4 is 35.6 Å². The van der Waals surface area contributed by atoms with Crippen molar-refractivity contribution < 1.29 is 38.2 Å². The number of ether oxygens (including phenoxy) is 2. The summed E-state index contributed by atoms with van der Waals surface area (Å²) in [4.78, 5) is 71.0. The van der Waals surface area contributed by atoms with E-state index in [1.807, 2.05) is 0 Å². The first kappa shape index (κ1) is 20.1. The minimum absolute atomic E-state index is 0.386. The number of esters is 2. The molecule has 0 saturated heterocycles. The van der Waals surface area contributed by atoms with Crippen LogP contribution in [0.25, 0.3) is 0 Å². The molecular weight excluding hydrogens is 372 g/mol. The molecule has 10 heteroatoms. The molecule has 0 fully saturated rings. The molecule has 0 bridgehead atoms. The van der Waals surface area contributed by atoms with Gasteiger partial charge >= 0.3 is 11.9 Å². The second-order valence-corrected chi connectivity index (χ2v) is 5.07. The summed E-state index contributed by atoms with van der Waals surface area (Å²) in [5.74, 6) is -4.80. The zero-order valence-electron chi connectivity index (χ0n) is 14.3. The second-order valence-electron chi connectivity index (χ2n) is 5.07. The van der Waals surface area contributed by atoms with Gasteiger partial charge in [0.1, 0.15) is 19.8 Å². The molecule has 0 N–H and O–H groups in total. The van der Waals surface area contributed by atoms with Crippen molar-refractivity contribution in [2.45, 2.75) is 0 Å². The summed E-state index contributed by atoms with van der Waals surface area (Å²) >= 11 is 0. The van der Waals surface area contributed by atoms with E-state index in [9.17, 15) is 28.8 Å². The largest absolute Gasteiger partial charge is 0.461 e. The molecule has 28 heavy (non-hydrogen) atoms. The van der Waals surface area contributed by atoms with E-state index in [1.165, 1.54) is 0 Å². The number of hydrogen-bond acceptors (Lipinski definition) is 8. The number of hydrogen-bond donors (Lipinski definition) is 0. The number of imide groups is 2. The average molecular weight is 384 g/mol. The highest BCUT2D eigenvalue weighted by Gasteiger charge is 2.32. The van der Waals surface area contributed by atoms with Crippen LogP contribution >= 0.6 is 0 Å². The maximum absolute atomic E-state index is 12.1. The van der Waals surface area contributed by atoms with Gasteiger partial charge in [-0.25, -0.2) is 9.69 Å². The van der Waals surface area contributed by atoms with Gasteiger partial charge in [-0.05, 0) is 18.0 Å². The Kier molecular flexibility index (Phi) is 6.41. The highest BCUT2D eigenvalue weighted by atomic mass is 16.6. The second kappa shape index (κ2) is 8.93. The fourth-order valence-electron chi connectivity index (χ4n) is 2.04. The van der Waals surface area contributed by atoms with Gasteiger partial charge < -0.3 is 9.47 Å². The molecule has 0 unspecified atom stereocenters. The first-order chi connectivity index (χ1) is 13.3. The fourth-order valence-corrected chi connectivity index (χ4v) is 2.04. The number of rotatable bonds is 7. The standard InChI is InChI=1S/C18H12N2O8/c1-2-3-4-12(20-15(23)7-8-16(20)24)18(26)28-10-9-27-17(25)11-19-13(21)5-6-14(19)22/h5-8H,1,9-11H2. The molecule has 0 radical (unpaired) electrons. The molecule has 0 atom stereocenters. The number of carbonyl (C=O) groups excluding carboxylic acids is 6. The van der Waals surface area contributed by atoms with Crippen molar-refractivity contribution in [2.24, 2.45) is 0 Å². The third kappa shape index (κ3) is 4.69. The van der Waals surface area contributed by atoms with E-state index >= 15 is 0 Å². The lowest BCUT2D eigenvalue weighted by Gasteiger charge is -2.15. The van der Waals surface area contributed by atoms with Crippen molar-refractivity contribution in [2.75, 3.05) is 19.8 Å². The number of nitrogens with zero attached hydrogens (tertiary/aromatic N) is 2. The van der Waals surface area contributed by atoms with E-state index in [0.29, 0.717) is 9.80 Å². The molecule has 0 aromatic rings. The van der Waals surface area contributed by atoms with E-state index in [0.717, 1.165) is 24.3 Å². The summed E-state index contributed by atoms with van der Waals surface area (Å²) in [5, 5.41) is 0. The molecule has 2 aliphatic heterocycles. The molecule has 0 aromatic heterocycles. The zero-order valence-corrected chi connectivity index (χ0v) is 14.3. The number of carbonyl (C=O) groups is 6. The van der Waals surface area contributed by atoms with E-state index in [1.54, 1.807) is 0 Å². The first-order valence-electron chi connectivity index (χ1n) is 7.67. The van der Waals surface area contributed by atoms with Crippen LogP contribution in [0.15, 0.2) is 53.8 Å². The molecule has 142 valence electrons. The summed E-state index contributed by atoms with van der Waals surface area (Å²) in [5.41, 5.74) is 6.11. The highest BCUT2D eigenvalue weighted by Crippen LogP contribution is 2.13. The Balaban J connectivity index is 1.87. The lowest BCUT2D eigenvalue weighted by Crippen LogP contribution is -2.36. The molecule has 4 amide bonds. The Bertz CT molecular complexity index is 918. The Morgan fingerprint density at radius 2 is 1.43 bits per heavy atom. The molecule has 2 aliphatic rings. The highest BCUT2D eigenvalue weighted by molar-refractivity contribution is 6.17. The van der Waals surface area contributed by atoms with Crippen molar-refractivity contribution in [3.05, 3.63) is 53.8 Å². The van der Waals surface area contributed by atoms with Crippen molar-refractivity contribution in [3.63, 3.8) is 0 Å². The minimum atomic E-state index is -1.10. The molecule has 0 spiro atoms. The lowest BCUT2D eigenvalue weighted by molar-refractivity contribution is -0.155. The first-order valence-corrected chi connectivity index (χ1v) is 7.67. The molecule has 10 nitrogen and oxygen atoms in total. The maximum Gasteiger partial charge on any atom is 0.364 e. The van der Waals surface area contributed by atoms with Crippen LogP contribution < -0.4 is 0 Å². The molecule has 0 aliphatic carbocycles. The Hall–Kier alpha value is -4.22. The van der Waals surface area contributed by atoms with Gasteiger partial charge in [0.2, 0.25) is 0 Å². The van der Waals surface area contributed by atoms with Crippen LogP contribution in [-0.2, 0) is 38.2 Å². The van der Waals surface area contributed by atoms with Gasteiger partial charge in [0, 0.05) is 24.3 Å².